The molecule has 2 rings (SSSR count). The van der Waals surface area contributed by atoms with Crippen molar-refractivity contribution in [3.05, 3.63) is 12.3 Å². The highest BCUT2D eigenvalue weighted by atomic mass is 16.2. The molecule has 10 heavy (non-hydrogen) atoms. The summed E-state index contributed by atoms with van der Waals surface area (Å²) >= 11 is 0. The Labute approximate surface area is 59.9 Å². The van der Waals surface area contributed by atoms with Gasteiger partial charge in [-0.25, -0.2) is 5.01 Å². The average Bonchev–Trinajstić information content (AvgIpc) is 2.34. The summed E-state index contributed by atoms with van der Waals surface area (Å²) in [6, 6.07) is 0. The zero-order valence-corrected chi connectivity index (χ0v) is 5.79. The molecule has 0 aromatic rings. The maximum atomic E-state index is 11.0. The van der Waals surface area contributed by atoms with Gasteiger partial charge in [0.15, 0.2) is 0 Å². The minimum atomic E-state index is 0.232. The first-order valence-electron chi connectivity index (χ1n) is 3.61. The highest BCUT2D eigenvalue weighted by Gasteiger charge is 2.27. The molecule has 3 nitrogen and oxygen atoms in total. The fraction of sp³-hybridized carbons (Fsp3) is 0.571. The van der Waals surface area contributed by atoms with Crippen molar-refractivity contribution in [1.82, 2.24) is 10.0 Å². The van der Waals surface area contributed by atoms with Crippen molar-refractivity contribution < 1.29 is 4.79 Å². The Hall–Kier alpha value is -0.830. The molecule has 54 valence electrons. The summed E-state index contributed by atoms with van der Waals surface area (Å²) in [5.74, 6) is 0.232. The van der Waals surface area contributed by atoms with Gasteiger partial charge in [0.05, 0.1) is 0 Å². The Morgan fingerprint density at radius 1 is 1.40 bits per heavy atom. The number of nitrogens with zero attached hydrogens (tertiary/aromatic N) is 2. The number of hydrogen-bond donors (Lipinski definition) is 0. The van der Waals surface area contributed by atoms with Crippen molar-refractivity contribution in [3.63, 3.8) is 0 Å². The van der Waals surface area contributed by atoms with Crippen LogP contribution < -0.4 is 0 Å². The first-order chi connectivity index (χ1) is 4.88. The van der Waals surface area contributed by atoms with Crippen LogP contribution in [0.3, 0.4) is 0 Å². The van der Waals surface area contributed by atoms with Gasteiger partial charge in [-0.2, -0.15) is 0 Å². The maximum absolute atomic E-state index is 11.0. The van der Waals surface area contributed by atoms with Crippen LogP contribution in [-0.4, -0.2) is 29.0 Å². The molecule has 0 spiro atoms. The number of fused-ring (bicyclic) bond motifs is 1. The van der Waals surface area contributed by atoms with Crippen LogP contribution in [0.1, 0.15) is 12.8 Å². The van der Waals surface area contributed by atoms with Crippen LogP contribution >= 0.6 is 0 Å². The molecule has 0 N–H and O–H groups in total. The molecule has 0 aliphatic carbocycles. The van der Waals surface area contributed by atoms with E-state index in [0.29, 0.717) is 6.42 Å². The number of amides is 1. The molecule has 3 heteroatoms. The number of hydrogen-bond acceptors (Lipinski definition) is 2. The van der Waals surface area contributed by atoms with Gasteiger partial charge in [0.25, 0.3) is 0 Å². The molecule has 2 aliphatic rings. The molecule has 0 saturated carbocycles. The van der Waals surface area contributed by atoms with E-state index in [1.807, 2.05) is 12.3 Å². The highest BCUT2D eigenvalue weighted by Crippen LogP contribution is 2.16. The SMILES string of the molecule is O=C1CCN2CCC=CN12. The second-order valence-corrected chi connectivity index (χ2v) is 2.62. The van der Waals surface area contributed by atoms with E-state index < -0.39 is 0 Å². The first kappa shape index (κ1) is 5.92. The maximum Gasteiger partial charge on any atom is 0.242 e. The summed E-state index contributed by atoms with van der Waals surface area (Å²) in [4.78, 5) is 11.0. The van der Waals surface area contributed by atoms with Crippen molar-refractivity contribution in [1.29, 1.82) is 0 Å². The van der Waals surface area contributed by atoms with Crippen molar-refractivity contribution in [2.24, 2.45) is 0 Å². The van der Waals surface area contributed by atoms with E-state index in [4.69, 9.17) is 0 Å². The molecule has 0 aromatic carbocycles. The van der Waals surface area contributed by atoms with Gasteiger partial charge in [0.1, 0.15) is 0 Å². The van der Waals surface area contributed by atoms with Gasteiger partial charge in [-0.1, -0.05) is 6.08 Å². The van der Waals surface area contributed by atoms with Crippen molar-refractivity contribution in [2.75, 3.05) is 13.1 Å². The Bertz CT molecular complexity index is 186. The van der Waals surface area contributed by atoms with Gasteiger partial charge in [-0.3, -0.25) is 9.80 Å². The molecule has 1 fully saturated rings. The second kappa shape index (κ2) is 2.09. The molecule has 1 saturated heterocycles. The predicted molar refractivity (Wildman–Crippen MR) is 36.8 cm³/mol. The van der Waals surface area contributed by atoms with Gasteiger partial charge in [-0.15, -0.1) is 0 Å². The van der Waals surface area contributed by atoms with Crippen LogP contribution in [0.4, 0.5) is 0 Å². The summed E-state index contributed by atoms with van der Waals surface area (Å²) < 4.78 is 0. The van der Waals surface area contributed by atoms with Gasteiger partial charge in [0.2, 0.25) is 5.91 Å². The van der Waals surface area contributed by atoms with Crippen LogP contribution in [0.25, 0.3) is 0 Å². The quantitative estimate of drug-likeness (QED) is 0.482. The Kier molecular flexibility index (Phi) is 1.24. The monoisotopic (exact) mass is 138 g/mol. The molecule has 0 aromatic heterocycles. The number of carbonyl (C=O) groups is 1. The smallest absolute Gasteiger partial charge is 0.242 e. The van der Waals surface area contributed by atoms with Gasteiger partial charge in [-0.05, 0) is 6.42 Å². The van der Waals surface area contributed by atoms with E-state index in [2.05, 4.69) is 5.01 Å². The topological polar surface area (TPSA) is 23.6 Å². The Balaban J connectivity index is 2.21. The third kappa shape index (κ3) is 0.743. The van der Waals surface area contributed by atoms with E-state index in [-0.39, 0.29) is 5.91 Å². The number of carbonyl (C=O) groups excluding carboxylic acids is 1. The highest BCUT2D eigenvalue weighted by molar-refractivity contribution is 5.78. The zero-order chi connectivity index (χ0) is 6.97. The van der Waals surface area contributed by atoms with Gasteiger partial charge in [0, 0.05) is 25.7 Å². The third-order valence-electron chi connectivity index (χ3n) is 1.94. The summed E-state index contributed by atoms with van der Waals surface area (Å²) in [6.07, 6.45) is 5.67. The average molecular weight is 138 g/mol. The lowest BCUT2D eigenvalue weighted by atomic mass is 10.4. The van der Waals surface area contributed by atoms with Crippen LogP contribution in [0.5, 0.6) is 0 Å². The summed E-state index contributed by atoms with van der Waals surface area (Å²) in [5.41, 5.74) is 0. The fourth-order valence-corrected chi connectivity index (χ4v) is 1.40. The van der Waals surface area contributed by atoms with E-state index >= 15 is 0 Å². The van der Waals surface area contributed by atoms with Crippen molar-refractivity contribution in [3.8, 4) is 0 Å². The summed E-state index contributed by atoms with van der Waals surface area (Å²) in [7, 11) is 0. The van der Waals surface area contributed by atoms with Crippen LogP contribution in [0.15, 0.2) is 12.3 Å². The van der Waals surface area contributed by atoms with Crippen molar-refractivity contribution >= 4 is 5.91 Å². The molecule has 0 unspecified atom stereocenters. The first-order valence-corrected chi connectivity index (χ1v) is 3.61. The lowest BCUT2D eigenvalue weighted by Gasteiger charge is -2.27. The van der Waals surface area contributed by atoms with Gasteiger partial charge < -0.3 is 0 Å². The minimum Gasteiger partial charge on any atom is -0.273 e. The predicted octanol–water partition coefficient (Wildman–Crippen LogP) is 0.353. The number of rotatable bonds is 0. The standard InChI is InChI=1S/C7H10N2O/c10-7-3-6-8-4-1-2-5-9(7)8/h2,5H,1,3-4,6H2. The second-order valence-electron chi connectivity index (χ2n) is 2.62. The molecular formula is C7H10N2O. The van der Waals surface area contributed by atoms with Crippen molar-refractivity contribution in [2.45, 2.75) is 12.8 Å². The van der Waals surface area contributed by atoms with Crippen LogP contribution in [-0.2, 0) is 4.79 Å². The lowest BCUT2D eigenvalue weighted by molar-refractivity contribution is -0.133. The molecule has 2 heterocycles. The molecule has 0 radical (unpaired) electrons. The Morgan fingerprint density at radius 3 is 3.10 bits per heavy atom. The fourth-order valence-electron chi connectivity index (χ4n) is 1.40. The zero-order valence-electron chi connectivity index (χ0n) is 5.79. The van der Waals surface area contributed by atoms with Crippen LogP contribution in [0.2, 0.25) is 0 Å². The normalized spacial score (nSPS) is 25.6. The van der Waals surface area contributed by atoms with Gasteiger partial charge >= 0.3 is 0 Å². The molecular weight excluding hydrogens is 128 g/mol. The minimum absolute atomic E-state index is 0.232. The van der Waals surface area contributed by atoms with E-state index in [1.165, 1.54) is 0 Å². The van der Waals surface area contributed by atoms with Crippen LogP contribution in [0, 0.1) is 0 Å². The third-order valence-corrected chi connectivity index (χ3v) is 1.94. The lowest BCUT2D eigenvalue weighted by Crippen LogP contribution is -2.37. The number of hydrazine groups is 1. The van der Waals surface area contributed by atoms with E-state index in [0.717, 1.165) is 19.5 Å². The molecule has 0 bridgehead atoms. The largest absolute Gasteiger partial charge is 0.273 e. The van der Waals surface area contributed by atoms with E-state index in [9.17, 15) is 4.79 Å². The Morgan fingerprint density at radius 2 is 2.30 bits per heavy atom. The summed E-state index contributed by atoms with van der Waals surface area (Å²) in [6.45, 7) is 1.91. The molecule has 2 aliphatic heterocycles. The van der Waals surface area contributed by atoms with E-state index in [1.54, 1.807) is 5.01 Å². The molecule has 0 atom stereocenters. The molecule has 1 amide bonds. The summed E-state index contributed by atoms with van der Waals surface area (Å²) in [5, 5.41) is 3.81.